The zero-order valence-corrected chi connectivity index (χ0v) is 8.85. The van der Waals surface area contributed by atoms with Gasteiger partial charge >= 0.3 is 5.97 Å². The average molecular weight is 207 g/mol. The standard InChI is InChI=1S/C12H17NO2/c1-2-6-13-7-5-9-3-4-10(12(14)15)8-11(9)13/h1,9-11H,3-8H2,(H,14,15). The van der Waals surface area contributed by atoms with Crippen LogP contribution < -0.4 is 0 Å². The molecule has 0 amide bonds. The molecule has 0 aromatic carbocycles. The molecule has 2 fully saturated rings. The van der Waals surface area contributed by atoms with Gasteiger partial charge in [-0.2, -0.15) is 0 Å². The molecule has 0 aromatic heterocycles. The first kappa shape index (κ1) is 10.5. The number of rotatable bonds is 2. The monoisotopic (exact) mass is 207 g/mol. The fourth-order valence-electron chi connectivity index (χ4n) is 3.03. The number of terminal acetylenes is 1. The van der Waals surface area contributed by atoms with Crippen molar-refractivity contribution in [2.75, 3.05) is 13.1 Å². The summed E-state index contributed by atoms with van der Waals surface area (Å²) in [6.07, 6.45) is 9.21. The number of carbonyl (C=O) groups is 1. The van der Waals surface area contributed by atoms with Gasteiger partial charge in [-0.3, -0.25) is 9.69 Å². The van der Waals surface area contributed by atoms with E-state index in [1.165, 1.54) is 6.42 Å². The van der Waals surface area contributed by atoms with Crippen molar-refractivity contribution in [1.82, 2.24) is 4.90 Å². The quantitative estimate of drug-likeness (QED) is 0.692. The lowest BCUT2D eigenvalue weighted by atomic mass is 9.79. The maximum absolute atomic E-state index is 10.9. The van der Waals surface area contributed by atoms with E-state index in [9.17, 15) is 4.79 Å². The molecule has 3 unspecified atom stereocenters. The fourth-order valence-corrected chi connectivity index (χ4v) is 3.03. The first-order valence-electron chi connectivity index (χ1n) is 5.62. The van der Waals surface area contributed by atoms with E-state index in [0.29, 0.717) is 18.5 Å². The summed E-state index contributed by atoms with van der Waals surface area (Å²) in [5.41, 5.74) is 0. The Morgan fingerprint density at radius 2 is 2.27 bits per heavy atom. The molecule has 0 spiro atoms. The van der Waals surface area contributed by atoms with Crippen molar-refractivity contribution in [3.05, 3.63) is 0 Å². The molecule has 2 rings (SSSR count). The van der Waals surface area contributed by atoms with Gasteiger partial charge in [-0.15, -0.1) is 6.42 Å². The largest absolute Gasteiger partial charge is 0.481 e. The van der Waals surface area contributed by atoms with Crippen LogP contribution in [0.1, 0.15) is 25.7 Å². The van der Waals surface area contributed by atoms with Gasteiger partial charge in [0.05, 0.1) is 12.5 Å². The van der Waals surface area contributed by atoms with E-state index in [2.05, 4.69) is 10.8 Å². The summed E-state index contributed by atoms with van der Waals surface area (Å²) < 4.78 is 0. The second-order valence-corrected chi connectivity index (χ2v) is 4.64. The Kier molecular flexibility index (Phi) is 2.97. The van der Waals surface area contributed by atoms with Crippen LogP contribution in [-0.2, 0) is 4.79 Å². The zero-order valence-electron chi connectivity index (χ0n) is 8.85. The molecular formula is C12H17NO2. The minimum absolute atomic E-state index is 0.148. The summed E-state index contributed by atoms with van der Waals surface area (Å²) in [6.45, 7) is 1.72. The molecule has 1 N–H and O–H groups in total. The van der Waals surface area contributed by atoms with Crippen molar-refractivity contribution in [2.45, 2.75) is 31.7 Å². The van der Waals surface area contributed by atoms with Gasteiger partial charge < -0.3 is 5.11 Å². The van der Waals surface area contributed by atoms with E-state index < -0.39 is 5.97 Å². The number of likely N-dealkylation sites (tertiary alicyclic amines) is 1. The number of aliphatic carboxylic acids is 1. The lowest BCUT2D eigenvalue weighted by Crippen LogP contribution is -2.39. The Bertz CT molecular complexity index is 294. The second kappa shape index (κ2) is 4.24. The third kappa shape index (κ3) is 2.00. The maximum atomic E-state index is 10.9. The SMILES string of the molecule is C#CCN1CCC2CCC(C(=O)O)CC21. The van der Waals surface area contributed by atoms with Crippen LogP contribution in [-0.4, -0.2) is 35.1 Å². The molecular weight excluding hydrogens is 190 g/mol. The van der Waals surface area contributed by atoms with Gasteiger partial charge in [0.2, 0.25) is 0 Å². The Balaban J connectivity index is 2.01. The lowest BCUT2D eigenvalue weighted by Gasteiger charge is -2.33. The zero-order chi connectivity index (χ0) is 10.8. The summed E-state index contributed by atoms with van der Waals surface area (Å²) >= 11 is 0. The molecule has 0 radical (unpaired) electrons. The minimum atomic E-state index is -0.638. The molecule has 1 aliphatic heterocycles. The molecule has 0 bridgehead atoms. The topological polar surface area (TPSA) is 40.5 Å². The molecule has 1 heterocycles. The normalized spacial score (nSPS) is 35.8. The minimum Gasteiger partial charge on any atom is -0.481 e. The van der Waals surface area contributed by atoms with Gasteiger partial charge in [-0.25, -0.2) is 0 Å². The average Bonchev–Trinajstić information content (AvgIpc) is 2.61. The summed E-state index contributed by atoms with van der Waals surface area (Å²) in [6, 6.07) is 0.427. The van der Waals surface area contributed by atoms with Crippen LogP contribution in [0, 0.1) is 24.2 Å². The predicted octanol–water partition coefficient (Wildman–Crippen LogP) is 1.19. The van der Waals surface area contributed by atoms with Gasteiger partial charge in [0.15, 0.2) is 0 Å². The van der Waals surface area contributed by atoms with Crippen LogP contribution in [0.15, 0.2) is 0 Å². The number of hydrogen-bond donors (Lipinski definition) is 1. The number of carboxylic acid groups (broad SMARTS) is 1. The maximum Gasteiger partial charge on any atom is 0.306 e. The number of nitrogens with zero attached hydrogens (tertiary/aromatic N) is 1. The molecule has 3 heteroatoms. The van der Waals surface area contributed by atoms with Crippen LogP contribution in [0.5, 0.6) is 0 Å². The Labute approximate surface area is 90.5 Å². The van der Waals surface area contributed by atoms with Crippen LogP contribution in [0.2, 0.25) is 0 Å². The number of hydrogen-bond acceptors (Lipinski definition) is 2. The molecule has 3 atom stereocenters. The van der Waals surface area contributed by atoms with Gasteiger partial charge in [0, 0.05) is 6.04 Å². The van der Waals surface area contributed by atoms with Crippen molar-refractivity contribution in [1.29, 1.82) is 0 Å². The van der Waals surface area contributed by atoms with Crippen molar-refractivity contribution >= 4 is 5.97 Å². The first-order valence-corrected chi connectivity index (χ1v) is 5.62. The highest BCUT2D eigenvalue weighted by molar-refractivity contribution is 5.70. The summed E-state index contributed by atoms with van der Waals surface area (Å²) in [5.74, 6) is 2.57. The predicted molar refractivity (Wildman–Crippen MR) is 57.3 cm³/mol. The second-order valence-electron chi connectivity index (χ2n) is 4.64. The first-order chi connectivity index (χ1) is 7.22. The number of carboxylic acids is 1. The van der Waals surface area contributed by atoms with Crippen molar-refractivity contribution < 1.29 is 9.90 Å². The van der Waals surface area contributed by atoms with Crippen molar-refractivity contribution in [3.8, 4) is 12.3 Å². The molecule has 0 aromatic rings. The number of fused-ring (bicyclic) bond motifs is 1. The summed E-state index contributed by atoms with van der Waals surface area (Å²) in [5, 5.41) is 9.02. The molecule has 3 nitrogen and oxygen atoms in total. The van der Waals surface area contributed by atoms with Gasteiger partial charge in [-0.1, -0.05) is 5.92 Å². The highest BCUT2D eigenvalue weighted by Gasteiger charge is 2.40. The van der Waals surface area contributed by atoms with Gasteiger partial charge in [-0.05, 0) is 38.1 Å². The third-order valence-corrected chi connectivity index (χ3v) is 3.86. The third-order valence-electron chi connectivity index (χ3n) is 3.86. The van der Waals surface area contributed by atoms with Crippen LogP contribution in [0.25, 0.3) is 0 Å². The van der Waals surface area contributed by atoms with Crippen molar-refractivity contribution in [2.24, 2.45) is 11.8 Å². The van der Waals surface area contributed by atoms with Crippen molar-refractivity contribution in [3.63, 3.8) is 0 Å². The van der Waals surface area contributed by atoms with E-state index in [4.69, 9.17) is 11.5 Å². The Morgan fingerprint density at radius 3 is 2.93 bits per heavy atom. The van der Waals surface area contributed by atoms with Gasteiger partial charge in [0.25, 0.3) is 0 Å². The molecule has 1 saturated heterocycles. The summed E-state index contributed by atoms with van der Waals surface area (Å²) in [7, 11) is 0. The smallest absolute Gasteiger partial charge is 0.306 e. The highest BCUT2D eigenvalue weighted by Crippen LogP contribution is 2.38. The van der Waals surface area contributed by atoms with Gasteiger partial charge in [0.1, 0.15) is 0 Å². The van der Waals surface area contributed by atoms with E-state index >= 15 is 0 Å². The Hall–Kier alpha value is -1.01. The fraction of sp³-hybridized carbons (Fsp3) is 0.750. The van der Waals surface area contributed by atoms with Crippen LogP contribution >= 0.6 is 0 Å². The molecule has 15 heavy (non-hydrogen) atoms. The Morgan fingerprint density at radius 1 is 1.47 bits per heavy atom. The highest BCUT2D eigenvalue weighted by atomic mass is 16.4. The summed E-state index contributed by atoms with van der Waals surface area (Å²) in [4.78, 5) is 13.2. The molecule has 1 aliphatic carbocycles. The molecule has 1 saturated carbocycles. The molecule has 2 aliphatic rings. The lowest BCUT2D eigenvalue weighted by molar-refractivity contribution is -0.143. The van der Waals surface area contributed by atoms with E-state index in [0.717, 1.165) is 25.8 Å². The van der Waals surface area contributed by atoms with E-state index in [1.807, 2.05) is 0 Å². The molecule has 82 valence electrons. The van der Waals surface area contributed by atoms with E-state index in [1.54, 1.807) is 0 Å². The van der Waals surface area contributed by atoms with E-state index in [-0.39, 0.29) is 5.92 Å². The van der Waals surface area contributed by atoms with Crippen LogP contribution in [0.3, 0.4) is 0 Å². The van der Waals surface area contributed by atoms with Crippen LogP contribution in [0.4, 0.5) is 0 Å².